The van der Waals surface area contributed by atoms with Gasteiger partial charge in [-0.05, 0) is 74.6 Å². The van der Waals surface area contributed by atoms with Crippen molar-refractivity contribution in [2.45, 2.75) is 76.7 Å². The second kappa shape index (κ2) is 17.4. The molecule has 3 heterocycles. The lowest BCUT2D eigenvalue weighted by molar-refractivity contribution is -0.524. The lowest BCUT2D eigenvalue weighted by Crippen LogP contribution is -2.44. The highest BCUT2D eigenvalue weighted by Crippen LogP contribution is 2.51. The number of aromatic nitrogens is 2. The van der Waals surface area contributed by atoms with Crippen molar-refractivity contribution in [3.8, 4) is 0 Å². The van der Waals surface area contributed by atoms with Crippen LogP contribution in [0.15, 0.2) is 96.1 Å². The minimum atomic E-state index is -0.651. The first-order valence-electron chi connectivity index (χ1n) is 19.1. The van der Waals surface area contributed by atoms with Gasteiger partial charge in [0.25, 0.3) is 0 Å². The molecule has 14 nitrogen and oxygen atoms in total. The molecule has 300 valence electrons. The van der Waals surface area contributed by atoms with Crippen molar-refractivity contribution in [3.05, 3.63) is 126 Å². The standard InChI is InChI=1S/2C21H20N2O5S/c1-10-17-14(21(25)28-10)9-11-8-12(23(26)27)6-7-13(11)18(17)19(24)20-22-15-4-2-3-5-16(15)29-20;1-14(9-11-18(24)21-22-17-7-2-3-8-19(17)29-21)28-20(25)12-10-15-5-4-6-16(13-15)23(26)27/h2-5,9-10,12-14,17-18H,6-8H2,1H3;2-3,5,7-12,14,16H,4,6,13H2,1H3/b;11-9-,12-10+/t10-,12-,13-,14-,17-,18+;14-,16?/m11/s1. The summed E-state index contributed by atoms with van der Waals surface area (Å²) in [5.74, 6) is -2.51. The van der Waals surface area contributed by atoms with Gasteiger partial charge < -0.3 is 9.47 Å². The van der Waals surface area contributed by atoms with Crippen LogP contribution in [0.5, 0.6) is 0 Å². The Labute approximate surface area is 340 Å². The van der Waals surface area contributed by atoms with Crippen LogP contribution in [0.25, 0.3) is 20.4 Å². The number of hydrogen-bond donors (Lipinski definition) is 0. The second-order valence-electron chi connectivity index (χ2n) is 14.9. The molecule has 4 aliphatic rings. The Morgan fingerprint density at radius 2 is 1.53 bits per heavy atom. The molecule has 2 aromatic carbocycles. The number of hydrogen-bond acceptors (Lipinski definition) is 14. The first kappa shape index (κ1) is 40.5. The number of ketones is 2. The number of cyclic esters (lactones) is 1. The fourth-order valence-electron chi connectivity index (χ4n) is 8.27. The van der Waals surface area contributed by atoms with Crippen molar-refractivity contribution >= 4 is 66.6 Å². The number of ether oxygens (including phenoxy) is 2. The van der Waals surface area contributed by atoms with Gasteiger partial charge in [0.1, 0.15) is 12.2 Å². The van der Waals surface area contributed by atoms with Gasteiger partial charge in [-0.15, -0.1) is 22.7 Å². The van der Waals surface area contributed by atoms with Crippen molar-refractivity contribution in [1.29, 1.82) is 0 Å². The summed E-state index contributed by atoms with van der Waals surface area (Å²) < 4.78 is 12.6. The van der Waals surface area contributed by atoms with E-state index in [9.17, 15) is 39.4 Å². The molecular formula is C42H40N4O10S2. The monoisotopic (exact) mass is 824 g/mol. The zero-order chi connectivity index (χ0) is 41.1. The normalized spacial score (nSPS) is 25.8. The smallest absolute Gasteiger partial charge is 0.331 e. The summed E-state index contributed by atoms with van der Waals surface area (Å²) in [6, 6.07) is 13.9. The van der Waals surface area contributed by atoms with Crippen molar-refractivity contribution < 1.29 is 38.5 Å². The Bertz CT molecular complexity index is 2350. The van der Waals surface area contributed by atoms with Crippen molar-refractivity contribution in [3.63, 3.8) is 0 Å². The molecule has 0 N–H and O–H groups in total. The van der Waals surface area contributed by atoms with Crippen LogP contribution >= 0.6 is 22.7 Å². The molecule has 2 aromatic heterocycles. The summed E-state index contributed by atoms with van der Waals surface area (Å²) in [4.78, 5) is 80.8. The van der Waals surface area contributed by atoms with E-state index in [4.69, 9.17) is 9.47 Å². The van der Waals surface area contributed by atoms with Gasteiger partial charge in [0.05, 0.1) is 26.4 Å². The van der Waals surface area contributed by atoms with E-state index < -0.39 is 36.0 Å². The van der Waals surface area contributed by atoms with E-state index in [-0.39, 0.29) is 45.3 Å². The van der Waals surface area contributed by atoms with Crippen molar-refractivity contribution in [2.75, 3.05) is 0 Å². The maximum atomic E-state index is 13.7. The average molecular weight is 825 g/mol. The average Bonchev–Trinajstić information content (AvgIpc) is 3.93. The van der Waals surface area contributed by atoms with Crippen LogP contribution in [-0.2, 0) is 19.1 Å². The number of nitrogens with zero attached hydrogens (tertiary/aromatic N) is 4. The third-order valence-electron chi connectivity index (χ3n) is 11.1. The molecule has 0 radical (unpaired) electrons. The number of esters is 2. The maximum Gasteiger partial charge on any atom is 0.331 e. The Balaban J connectivity index is 0.000000177. The molecule has 1 saturated heterocycles. The molecule has 3 aliphatic carbocycles. The summed E-state index contributed by atoms with van der Waals surface area (Å²) in [7, 11) is 0. The molecule has 1 aliphatic heterocycles. The first-order valence-corrected chi connectivity index (χ1v) is 20.7. The Hall–Kier alpha value is -5.74. The number of rotatable bonds is 10. The molecule has 8 rings (SSSR count). The summed E-state index contributed by atoms with van der Waals surface area (Å²) in [6.45, 7) is 3.49. The summed E-state index contributed by atoms with van der Waals surface area (Å²) in [5.41, 5.74) is 3.18. The third-order valence-corrected chi connectivity index (χ3v) is 13.2. The molecule has 0 amide bonds. The van der Waals surface area contributed by atoms with Crippen LogP contribution in [0.3, 0.4) is 0 Å². The fraction of sp³-hybridized carbons (Fsp3) is 0.381. The van der Waals surface area contributed by atoms with Gasteiger partial charge in [0, 0.05) is 53.4 Å². The molecular weight excluding hydrogens is 785 g/mol. The van der Waals surface area contributed by atoms with Crippen LogP contribution in [0, 0.1) is 43.9 Å². The molecule has 1 unspecified atom stereocenters. The lowest BCUT2D eigenvalue weighted by Gasteiger charge is -2.40. The predicted molar refractivity (Wildman–Crippen MR) is 217 cm³/mol. The van der Waals surface area contributed by atoms with Crippen LogP contribution in [0.4, 0.5) is 0 Å². The number of para-hydroxylation sites is 2. The summed E-state index contributed by atoms with van der Waals surface area (Å²) in [6.07, 6.45) is 11.2. The number of carbonyl (C=O) groups is 4. The molecule has 0 bridgehead atoms. The Morgan fingerprint density at radius 3 is 2.21 bits per heavy atom. The highest BCUT2D eigenvalue weighted by Gasteiger charge is 2.55. The Morgan fingerprint density at radius 1 is 0.897 bits per heavy atom. The number of nitro groups is 2. The van der Waals surface area contributed by atoms with Gasteiger partial charge in [-0.3, -0.25) is 34.6 Å². The molecule has 1 saturated carbocycles. The number of allylic oxidation sites excluding steroid dienone is 3. The molecule has 16 heteroatoms. The van der Waals surface area contributed by atoms with Gasteiger partial charge in [0.15, 0.2) is 15.8 Å². The molecule has 8 atom stereocenters. The summed E-state index contributed by atoms with van der Waals surface area (Å²) in [5, 5.41) is 23.0. The number of thiazole rings is 2. The number of benzene rings is 2. The van der Waals surface area contributed by atoms with E-state index in [1.54, 1.807) is 13.0 Å². The van der Waals surface area contributed by atoms with Gasteiger partial charge in [-0.1, -0.05) is 48.1 Å². The van der Waals surface area contributed by atoms with Gasteiger partial charge >= 0.3 is 11.9 Å². The fourth-order valence-corrected chi connectivity index (χ4v) is 10.1. The van der Waals surface area contributed by atoms with Crippen LogP contribution in [0.2, 0.25) is 0 Å². The van der Waals surface area contributed by atoms with E-state index >= 15 is 0 Å². The molecule has 58 heavy (non-hydrogen) atoms. The van der Waals surface area contributed by atoms with E-state index in [1.165, 1.54) is 40.9 Å². The van der Waals surface area contributed by atoms with E-state index in [0.29, 0.717) is 48.5 Å². The third kappa shape index (κ3) is 8.87. The SMILES string of the molecule is C[C@H](/C=C\C(=O)c1nc2ccccc2s1)OC(=O)/C=C/C1=CCCC([N+](=O)[O-])C1.C[C@H]1OC(=O)[C@@H]2C=C3C[C@H]([N+](=O)[O-])CC[C@H]3[C@H](C(=O)c3nc4ccccc4s3)[C@H]12. The van der Waals surface area contributed by atoms with Gasteiger partial charge in [0.2, 0.25) is 17.9 Å². The molecule has 0 spiro atoms. The first-order chi connectivity index (χ1) is 27.9. The Kier molecular flexibility index (Phi) is 12.1. The zero-order valence-electron chi connectivity index (χ0n) is 31.6. The maximum absolute atomic E-state index is 13.7. The largest absolute Gasteiger partial charge is 0.462 e. The van der Waals surface area contributed by atoms with E-state index in [1.807, 2.05) is 67.6 Å². The highest BCUT2D eigenvalue weighted by atomic mass is 32.1. The van der Waals surface area contributed by atoms with Gasteiger partial charge in [-0.2, -0.15) is 0 Å². The molecule has 2 fully saturated rings. The minimum Gasteiger partial charge on any atom is -0.462 e. The topological polar surface area (TPSA) is 199 Å². The lowest BCUT2D eigenvalue weighted by atomic mass is 9.61. The van der Waals surface area contributed by atoms with E-state index in [0.717, 1.165) is 31.6 Å². The van der Waals surface area contributed by atoms with E-state index in [2.05, 4.69) is 9.97 Å². The predicted octanol–water partition coefficient (Wildman–Crippen LogP) is 7.94. The minimum absolute atomic E-state index is 0.0681. The van der Waals surface area contributed by atoms with Crippen LogP contribution in [-0.4, -0.2) is 67.6 Å². The molecule has 4 aromatic rings. The summed E-state index contributed by atoms with van der Waals surface area (Å²) >= 11 is 2.68. The van der Waals surface area contributed by atoms with Gasteiger partial charge in [-0.25, -0.2) is 14.8 Å². The number of fused-ring (bicyclic) bond motifs is 4. The number of carbonyl (C=O) groups excluding carboxylic acids is 4. The zero-order valence-corrected chi connectivity index (χ0v) is 33.3. The second-order valence-corrected chi connectivity index (χ2v) is 16.9. The van der Waals surface area contributed by atoms with Crippen LogP contribution in [0.1, 0.15) is 72.0 Å². The number of Topliss-reactive ketones (excluding diaryl/α,β-unsaturated/α-hetero) is 1. The quantitative estimate of drug-likeness (QED) is 0.0374. The van der Waals surface area contributed by atoms with Crippen molar-refractivity contribution in [2.24, 2.45) is 23.7 Å². The highest BCUT2D eigenvalue weighted by molar-refractivity contribution is 7.20. The van der Waals surface area contributed by atoms with Crippen molar-refractivity contribution in [1.82, 2.24) is 9.97 Å². The van der Waals surface area contributed by atoms with Crippen LogP contribution < -0.4 is 0 Å².